The van der Waals surface area contributed by atoms with E-state index in [1.54, 1.807) is 0 Å². The molecule has 2 nitrogen and oxygen atoms in total. The number of rotatable bonds is 4. The molecule has 0 bridgehead atoms. The van der Waals surface area contributed by atoms with Gasteiger partial charge in [0.05, 0.1) is 6.54 Å². The highest BCUT2D eigenvalue weighted by Crippen LogP contribution is 2.21. The lowest BCUT2D eigenvalue weighted by Crippen LogP contribution is -2.28. The first-order valence-corrected chi connectivity index (χ1v) is 5.25. The fraction of sp³-hybridized carbons (Fsp3) is 0.333. The molecule has 0 saturated carbocycles. The molecule has 0 amide bonds. The minimum absolute atomic E-state index is 0.0690. The first-order chi connectivity index (χ1) is 7.29. The molecule has 0 aliphatic heterocycles. The van der Waals surface area contributed by atoms with Crippen LogP contribution in [0.2, 0.25) is 5.02 Å². The van der Waals surface area contributed by atoms with Crippen LogP contribution in [-0.4, -0.2) is 13.1 Å². The Balaban J connectivity index is 2.72. The topological polar surface area (TPSA) is 38.0 Å². The Morgan fingerprint density at radius 1 is 1.47 bits per heavy atom. The monoisotopic (exact) mass is 222 g/mol. The molecule has 1 rings (SSSR count). The predicted octanol–water partition coefficient (Wildman–Crippen LogP) is 1.95. The Morgan fingerprint density at radius 3 is 2.80 bits per heavy atom. The molecular formula is C12H15ClN2. The van der Waals surface area contributed by atoms with Crippen LogP contribution in [0.1, 0.15) is 18.5 Å². The minimum Gasteiger partial charge on any atom is -0.329 e. The van der Waals surface area contributed by atoms with Gasteiger partial charge in [-0.25, -0.2) is 0 Å². The maximum absolute atomic E-state index is 6.08. The van der Waals surface area contributed by atoms with Crippen molar-refractivity contribution in [3.63, 3.8) is 0 Å². The zero-order chi connectivity index (χ0) is 11.1. The Hall–Kier alpha value is -1.01. The quantitative estimate of drug-likeness (QED) is 0.765. The molecule has 0 aliphatic carbocycles. The molecule has 1 aromatic carbocycles. The van der Waals surface area contributed by atoms with E-state index < -0.39 is 0 Å². The fourth-order valence-corrected chi connectivity index (χ4v) is 1.61. The smallest absolute Gasteiger partial charge is 0.0581 e. The molecule has 1 aromatic rings. The first-order valence-electron chi connectivity index (χ1n) is 4.87. The fourth-order valence-electron chi connectivity index (χ4n) is 1.34. The molecule has 0 spiro atoms. The van der Waals surface area contributed by atoms with E-state index in [-0.39, 0.29) is 6.04 Å². The number of nitrogens with one attached hydrogen (secondary N) is 1. The van der Waals surface area contributed by atoms with Crippen molar-refractivity contribution in [2.24, 2.45) is 5.73 Å². The molecule has 0 radical (unpaired) electrons. The van der Waals surface area contributed by atoms with Crippen molar-refractivity contribution in [3.8, 4) is 11.8 Å². The highest BCUT2D eigenvalue weighted by Gasteiger charge is 2.10. The largest absolute Gasteiger partial charge is 0.329 e. The van der Waals surface area contributed by atoms with Gasteiger partial charge in [-0.15, -0.1) is 5.92 Å². The van der Waals surface area contributed by atoms with Gasteiger partial charge in [0.2, 0.25) is 0 Å². The Bertz CT molecular complexity index is 365. The first kappa shape index (κ1) is 12.1. The van der Waals surface area contributed by atoms with Gasteiger partial charge in [0.1, 0.15) is 0 Å². The predicted molar refractivity (Wildman–Crippen MR) is 64.7 cm³/mol. The molecule has 0 saturated heterocycles. The van der Waals surface area contributed by atoms with Crippen LogP contribution in [0.4, 0.5) is 0 Å². The van der Waals surface area contributed by atoms with Crippen molar-refractivity contribution in [2.45, 2.75) is 13.0 Å². The highest BCUT2D eigenvalue weighted by molar-refractivity contribution is 6.31. The van der Waals surface area contributed by atoms with Crippen molar-refractivity contribution in [1.82, 2.24) is 5.32 Å². The summed E-state index contributed by atoms with van der Waals surface area (Å²) in [6.07, 6.45) is 0. The molecule has 0 fully saturated rings. The van der Waals surface area contributed by atoms with Crippen molar-refractivity contribution >= 4 is 11.6 Å². The Labute approximate surface area is 95.8 Å². The standard InChI is InChI=1S/C12H15ClN2/c1-2-3-8-15-12(9-14)10-6-4-5-7-11(10)13/h4-7,12,15H,8-9,14H2,1H3. The van der Waals surface area contributed by atoms with Gasteiger partial charge in [0.15, 0.2) is 0 Å². The number of nitrogens with two attached hydrogens (primary N) is 1. The molecule has 1 unspecified atom stereocenters. The third-order valence-electron chi connectivity index (χ3n) is 2.13. The van der Waals surface area contributed by atoms with Crippen molar-refractivity contribution < 1.29 is 0 Å². The van der Waals surface area contributed by atoms with Crippen LogP contribution in [-0.2, 0) is 0 Å². The van der Waals surface area contributed by atoms with E-state index in [1.165, 1.54) is 0 Å². The average molecular weight is 223 g/mol. The SMILES string of the molecule is CC#CCNC(CN)c1ccccc1Cl. The summed E-state index contributed by atoms with van der Waals surface area (Å²) in [4.78, 5) is 0. The van der Waals surface area contributed by atoms with Gasteiger partial charge in [-0.2, -0.15) is 0 Å². The van der Waals surface area contributed by atoms with Crippen LogP contribution >= 0.6 is 11.6 Å². The van der Waals surface area contributed by atoms with Gasteiger partial charge >= 0.3 is 0 Å². The maximum Gasteiger partial charge on any atom is 0.0581 e. The van der Waals surface area contributed by atoms with Gasteiger partial charge in [-0.1, -0.05) is 35.7 Å². The maximum atomic E-state index is 6.08. The van der Waals surface area contributed by atoms with Crippen LogP contribution < -0.4 is 11.1 Å². The molecule has 0 aliphatic rings. The minimum atomic E-state index is 0.0690. The molecule has 15 heavy (non-hydrogen) atoms. The van der Waals surface area contributed by atoms with Gasteiger partial charge in [0.25, 0.3) is 0 Å². The normalized spacial score (nSPS) is 11.7. The molecular weight excluding hydrogens is 208 g/mol. The summed E-state index contributed by atoms with van der Waals surface area (Å²) in [7, 11) is 0. The summed E-state index contributed by atoms with van der Waals surface area (Å²) < 4.78 is 0. The summed E-state index contributed by atoms with van der Waals surface area (Å²) >= 11 is 6.08. The molecule has 80 valence electrons. The van der Waals surface area contributed by atoms with E-state index in [1.807, 2.05) is 31.2 Å². The summed E-state index contributed by atoms with van der Waals surface area (Å²) in [5.41, 5.74) is 6.71. The van der Waals surface area contributed by atoms with E-state index >= 15 is 0 Å². The Kier molecular flexibility index (Phi) is 5.20. The second kappa shape index (κ2) is 6.47. The van der Waals surface area contributed by atoms with E-state index in [4.69, 9.17) is 17.3 Å². The third kappa shape index (κ3) is 3.56. The number of benzene rings is 1. The summed E-state index contributed by atoms with van der Waals surface area (Å²) in [5.74, 6) is 5.77. The van der Waals surface area contributed by atoms with Gasteiger partial charge < -0.3 is 5.73 Å². The summed E-state index contributed by atoms with van der Waals surface area (Å²) in [6.45, 7) is 2.95. The number of halogens is 1. The molecule has 3 heteroatoms. The van der Waals surface area contributed by atoms with Crippen molar-refractivity contribution in [3.05, 3.63) is 34.9 Å². The van der Waals surface area contributed by atoms with Crippen LogP contribution in [0.5, 0.6) is 0 Å². The summed E-state index contributed by atoms with van der Waals surface area (Å²) in [6, 6.07) is 7.78. The van der Waals surface area contributed by atoms with Crippen LogP contribution in [0.25, 0.3) is 0 Å². The highest BCUT2D eigenvalue weighted by atomic mass is 35.5. The van der Waals surface area contributed by atoms with Gasteiger partial charge in [0, 0.05) is 17.6 Å². The van der Waals surface area contributed by atoms with E-state index in [9.17, 15) is 0 Å². The zero-order valence-corrected chi connectivity index (χ0v) is 9.51. The average Bonchev–Trinajstić information content (AvgIpc) is 2.26. The molecule has 0 aromatic heterocycles. The summed E-state index contributed by atoms with van der Waals surface area (Å²) in [5, 5.41) is 3.99. The second-order valence-electron chi connectivity index (χ2n) is 3.12. The Morgan fingerprint density at radius 2 is 2.20 bits per heavy atom. The van der Waals surface area contributed by atoms with Crippen LogP contribution in [0, 0.1) is 11.8 Å². The third-order valence-corrected chi connectivity index (χ3v) is 2.47. The van der Waals surface area contributed by atoms with Gasteiger partial charge in [-0.3, -0.25) is 5.32 Å². The van der Waals surface area contributed by atoms with E-state index in [0.717, 1.165) is 10.6 Å². The van der Waals surface area contributed by atoms with Crippen LogP contribution in [0.3, 0.4) is 0 Å². The molecule has 3 N–H and O–H groups in total. The van der Waals surface area contributed by atoms with Crippen LogP contribution in [0.15, 0.2) is 24.3 Å². The number of hydrogen-bond acceptors (Lipinski definition) is 2. The van der Waals surface area contributed by atoms with E-state index in [0.29, 0.717) is 13.1 Å². The second-order valence-corrected chi connectivity index (χ2v) is 3.52. The van der Waals surface area contributed by atoms with Crippen molar-refractivity contribution in [1.29, 1.82) is 0 Å². The lowest BCUT2D eigenvalue weighted by atomic mass is 10.1. The zero-order valence-electron chi connectivity index (χ0n) is 8.76. The number of hydrogen-bond donors (Lipinski definition) is 2. The van der Waals surface area contributed by atoms with Gasteiger partial charge in [-0.05, 0) is 18.6 Å². The molecule has 0 heterocycles. The lowest BCUT2D eigenvalue weighted by molar-refractivity contribution is 0.582. The van der Waals surface area contributed by atoms with Crippen molar-refractivity contribution in [2.75, 3.05) is 13.1 Å². The molecule has 1 atom stereocenters. The lowest BCUT2D eigenvalue weighted by Gasteiger charge is -2.16. The van der Waals surface area contributed by atoms with E-state index in [2.05, 4.69) is 17.2 Å².